The normalized spacial score (nSPS) is 23.9. The van der Waals surface area contributed by atoms with Crippen LogP contribution in [-0.2, 0) is 0 Å². The number of aromatic nitrogens is 3. The molecule has 1 amide bonds. The topological polar surface area (TPSA) is 87.9 Å². The summed E-state index contributed by atoms with van der Waals surface area (Å²) in [6.45, 7) is 2.85. The quantitative estimate of drug-likeness (QED) is 0.833. The monoisotopic (exact) mass is 251 g/mol. The largest absolute Gasteiger partial charge is 0.334 e. The predicted octanol–water partition coefficient (Wildman–Crippen LogP) is 0.927. The molecule has 1 aliphatic carbocycles. The van der Waals surface area contributed by atoms with Crippen molar-refractivity contribution in [2.75, 3.05) is 6.54 Å². The molecule has 0 saturated heterocycles. The number of amides is 1. The highest BCUT2D eigenvalue weighted by Crippen LogP contribution is 2.23. The predicted molar refractivity (Wildman–Crippen MR) is 67.9 cm³/mol. The second-order valence-corrected chi connectivity index (χ2v) is 4.92. The first-order chi connectivity index (χ1) is 8.72. The zero-order chi connectivity index (χ0) is 13.0. The summed E-state index contributed by atoms with van der Waals surface area (Å²) in [6.07, 6.45) is 6.41. The van der Waals surface area contributed by atoms with E-state index in [0.717, 1.165) is 38.6 Å². The van der Waals surface area contributed by atoms with E-state index in [4.69, 9.17) is 5.73 Å². The third-order valence-corrected chi connectivity index (χ3v) is 3.54. The zero-order valence-electron chi connectivity index (χ0n) is 10.8. The summed E-state index contributed by atoms with van der Waals surface area (Å²) in [5, 5.41) is 10.1. The maximum Gasteiger partial charge on any atom is 0.276 e. The molecule has 1 aromatic rings. The van der Waals surface area contributed by atoms with E-state index in [1.165, 1.54) is 6.20 Å². The first-order valence-corrected chi connectivity index (χ1v) is 6.64. The fourth-order valence-corrected chi connectivity index (χ4v) is 2.56. The Morgan fingerprint density at radius 2 is 2.22 bits per heavy atom. The molecular formula is C12H21N5O. The van der Waals surface area contributed by atoms with Crippen LogP contribution >= 0.6 is 0 Å². The summed E-state index contributed by atoms with van der Waals surface area (Å²) in [5.74, 6) is -0.0222. The highest BCUT2D eigenvalue weighted by atomic mass is 16.2. The molecule has 1 heterocycles. The Morgan fingerprint density at radius 1 is 1.50 bits per heavy atom. The van der Waals surface area contributed by atoms with Gasteiger partial charge < -0.3 is 10.6 Å². The number of carbonyl (C=O) groups excluding carboxylic acids is 1. The number of nitrogens with one attached hydrogen (secondary N) is 1. The summed E-state index contributed by atoms with van der Waals surface area (Å²) in [7, 11) is 0. The van der Waals surface area contributed by atoms with Crippen molar-refractivity contribution >= 4 is 5.91 Å². The third kappa shape index (κ3) is 2.87. The van der Waals surface area contributed by atoms with Gasteiger partial charge in [-0.15, -0.1) is 0 Å². The van der Waals surface area contributed by atoms with Gasteiger partial charge in [-0.05, 0) is 32.1 Å². The minimum atomic E-state index is -0.0222. The Bertz CT molecular complexity index is 370. The third-order valence-electron chi connectivity index (χ3n) is 3.54. The fraction of sp³-hybridized carbons (Fsp3) is 0.750. The van der Waals surface area contributed by atoms with Gasteiger partial charge in [0.25, 0.3) is 5.91 Å². The van der Waals surface area contributed by atoms with Crippen LogP contribution in [0, 0.1) is 0 Å². The van der Waals surface area contributed by atoms with Crippen LogP contribution in [0.5, 0.6) is 0 Å². The molecule has 6 nitrogen and oxygen atoms in total. The van der Waals surface area contributed by atoms with E-state index >= 15 is 0 Å². The Kier molecular flexibility index (Phi) is 4.30. The van der Waals surface area contributed by atoms with Crippen LogP contribution in [0.2, 0.25) is 0 Å². The minimum absolute atomic E-state index is 0.0222. The van der Waals surface area contributed by atoms with Gasteiger partial charge >= 0.3 is 0 Å². The molecule has 0 spiro atoms. The van der Waals surface area contributed by atoms with E-state index in [9.17, 15) is 4.79 Å². The van der Waals surface area contributed by atoms with E-state index < -0.39 is 0 Å². The lowest BCUT2D eigenvalue weighted by molar-refractivity contribution is 0.0620. The Morgan fingerprint density at radius 3 is 2.78 bits per heavy atom. The van der Waals surface area contributed by atoms with Crippen molar-refractivity contribution in [3.05, 3.63) is 11.9 Å². The van der Waals surface area contributed by atoms with E-state index in [1.807, 2.05) is 4.90 Å². The number of H-pyrrole nitrogens is 1. The van der Waals surface area contributed by atoms with Crippen molar-refractivity contribution in [2.45, 2.75) is 51.1 Å². The van der Waals surface area contributed by atoms with E-state index in [1.54, 1.807) is 0 Å². The molecule has 1 aromatic heterocycles. The van der Waals surface area contributed by atoms with Gasteiger partial charge in [0.1, 0.15) is 0 Å². The molecule has 0 unspecified atom stereocenters. The van der Waals surface area contributed by atoms with Gasteiger partial charge in [-0.25, -0.2) is 0 Å². The average Bonchev–Trinajstić information content (AvgIpc) is 2.90. The van der Waals surface area contributed by atoms with Crippen molar-refractivity contribution in [1.29, 1.82) is 0 Å². The van der Waals surface area contributed by atoms with Crippen LogP contribution in [0.15, 0.2) is 6.20 Å². The number of rotatable bonds is 4. The van der Waals surface area contributed by atoms with Gasteiger partial charge in [-0.1, -0.05) is 6.92 Å². The molecule has 0 atom stereocenters. The molecule has 2 rings (SSSR count). The Hall–Kier alpha value is -1.43. The first kappa shape index (κ1) is 13.0. The Labute approximate surface area is 107 Å². The molecule has 0 bridgehead atoms. The molecular weight excluding hydrogens is 230 g/mol. The second-order valence-electron chi connectivity index (χ2n) is 4.92. The fourth-order valence-electron chi connectivity index (χ4n) is 2.56. The van der Waals surface area contributed by atoms with Crippen LogP contribution in [0.25, 0.3) is 0 Å². The summed E-state index contributed by atoms with van der Waals surface area (Å²) in [4.78, 5) is 14.3. The number of hydrogen-bond donors (Lipinski definition) is 2. The summed E-state index contributed by atoms with van der Waals surface area (Å²) < 4.78 is 0. The van der Waals surface area contributed by atoms with Crippen LogP contribution in [0.1, 0.15) is 49.5 Å². The Balaban J connectivity index is 2.05. The highest BCUT2D eigenvalue weighted by molar-refractivity contribution is 5.92. The number of aromatic amines is 1. The lowest BCUT2D eigenvalue weighted by Crippen LogP contribution is -2.44. The number of nitrogens with two attached hydrogens (primary N) is 1. The first-order valence-electron chi connectivity index (χ1n) is 6.64. The number of hydrogen-bond acceptors (Lipinski definition) is 4. The molecule has 100 valence electrons. The van der Waals surface area contributed by atoms with E-state index in [2.05, 4.69) is 22.3 Å². The lowest BCUT2D eigenvalue weighted by Gasteiger charge is -2.35. The van der Waals surface area contributed by atoms with E-state index in [0.29, 0.717) is 17.8 Å². The van der Waals surface area contributed by atoms with Crippen LogP contribution in [-0.4, -0.2) is 44.8 Å². The average molecular weight is 251 g/mol. The zero-order valence-corrected chi connectivity index (χ0v) is 10.8. The van der Waals surface area contributed by atoms with Gasteiger partial charge in [0.05, 0.1) is 6.20 Å². The van der Waals surface area contributed by atoms with Crippen molar-refractivity contribution < 1.29 is 4.79 Å². The highest BCUT2D eigenvalue weighted by Gasteiger charge is 2.28. The molecule has 1 fully saturated rings. The maximum atomic E-state index is 12.3. The minimum Gasteiger partial charge on any atom is -0.334 e. The molecule has 0 aliphatic heterocycles. The van der Waals surface area contributed by atoms with Gasteiger partial charge in [0.15, 0.2) is 5.69 Å². The number of nitrogens with zero attached hydrogens (tertiary/aromatic N) is 3. The van der Waals surface area contributed by atoms with Gasteiger partial charge in [-0.3, -0.25) is 4.79 Å². The van der Waals surface area contributed by atoms with Gasteiger partial charge in [0, 0.05) is 18.6 Å². The summed E-state index contributed by atoms with van der Waals surface area (Å²) in [5.41, 5.74) is 6.31. The van der Waals surface area contributed by atoms with Crippen molar-refractivity contribution in [2.24, 2.45) is 5.73 Å². The van der Waals surface area contributed by atoms with Crippen molar-refractivity contribution in [3.8, 4) is 0 Å². The van der Waals surface area contributed by atoms with Gasteiger partial charge in [-0.2, -0.15) is 15.4 Å². The smallest absolute Gasteiger partial charge is 0.276 e. The molecule has 18 heavy (non-hydrogen) atoms. The number of carbonyl (C=O) groups is 1. The van der Waals surface area contributed by atoms with Crippen LogP contribution in [0.4, 0.5) is 0 Å². The van der Waals surface area contributed by atoms with E-state index in [-0.39, 0.29) is 5.91 Å². The van der Waals surface area contributed by atoms with Crippen LogP contribution < -0.4 is 5.73 Å². The molecule has 1 saturated carbocycles. The standard InChI is InChI=1S/C12H21N5O/c1-2-7-17(10-5-3-9(13)4-6-10)12(18)11-8-14-16-15-11/h8-10H,2-7,13H2,1H3,(H,14,15,16). The maximum absolute atomic E-state index is 12.3. The lowest BCUT2D eigenvalue weighted by atomic mass is 9.90. The molecule has 1 aliphatic rings. The molecule has 0 aromatic carbocycles. The molecule has 6 heteroatoms. The summed E-state index contributed by atoms with van der Waals surface area (Å²) >= 11 is 0. The summed E-state index contributed by atoms with van der Waals surface area (Å²) in [6, 6.07) is 0.598. The van der Waals surface area contributed by atoms with Gasteiger partial charge in [0.2, 0.25) is 0 Å². The van der Waals surface area contributed by atoms with Crippen molar-refractivity contribution in [1.82, 2.24) is 20.3 Å². The second kappa shape index (κ2) is 5.95. The molecule has 3 N–H and O–H groups in total. The molecule has 0 radical (unpaired) electrons. The SMILES string of the molecule is CCCN(C(=O)c1cn[nH]n1)C1CCC(N)CC1. The van der Waals surface area contributed by atoms with Crippen LogP contribution in [0.3, 0.4) is 0 Å². The van der Waals surface area contributed by atoms with Crippen molar-refractivity contribution in [3.63, 3.8) is 0 Å².